The van der Waals surface area contributed by atoms with Gasteiger partial charge in [-0.2, -0.15) is 0 Å². The number of halogens is 3. The van der Waals surface area contributed by atoms with E-state index in [-0.39, 0.29) is 15.6 Å². The Hall–Kier alpha value is -2.35. The second kappa shape index (κ2) is 7.16. The summed E-state index contributed by atoms with van der Waals surface area (Å²) < 4.78 is 40.1. The van der Waals surface area contributed by atoms with Crippen molar-refractivity contribution in [2.45, 2.75) is 26.7 Å². The molecule has 29 heavy (non-hydrogen) atoms. The number of fused-ring (bicyclic) bond motifs is 1. The molecule has 4 rings (SSSR count). The third kappa shape index (κ3) is 3.33. The molecule has 2 aromatic carbocycles. The maximum Gasteiger partial charge on any atom is 0.424 e. The molecule has 1 fully saturated rings. The Balaban J connectivity index is 1.77. The summed E-state index contributed by atoms with van der Waals surface area (Å²) in [6.45, 7) is 6.46. The highest BCUT2D eigenvalue weighted by molar-refractivity contribution is 9.10. The summed E-state index contributed by atoms with van der Waals surface area (Å²) in [5.41, 5.74) is 1.43. The number of anilines is 1. The molecule has 0 spiro atoms. The van der Waals surface area contributed by atoms with Crippen LogP contribution in [-0.4, -0.2) is 24.8 Å². The van der Waals surface area contributed by atoms with Gasteiger partial charge >= 0.3 is 5.76 Å². The molecular formula is C21H21BrF2N2O3. The first-order valence-corrected chi connectivity index (χ1v) is 10.1. The van der Waals surface area contributed by atoms with Gasteiger partial charge in [-0.05, 0) is 58.5 Å². The summed E-state index contributed by atoms with van der Waals surface area (Å²) in [6.07, 6.45) is 2.20. The van der Waals surface area contributed by atoms with Gasteiger partial charge in [-0.15, -0.1) is 0 Å². The lowest BCUT2D eigenvalue weighted by Crippen LogP contribution is -2.37. The van der Waals surface area contributed by atoms with Crippen molar-refractivity contribution in [2.75, 3.05) is 25.1 Å². The van der Waals surface area contributed by atoms with Crippen LogP contribution in [0.15, 0.2) is 37.9 Å². The van der Waals surface area contributed by atoms with Crippen molar-refractivity contribution in [3.8, 4) is 11.4 Å². The van der Waals surface area contributed by atoms with E-state index in [4.69, 9.17) is 9.15 Å². The molecule has 0 radical (unpaired) electrons. The van der Waals surface area contributed by atoms with Gasteiger partial charge in [0.1, 0.15) is 9.99 Å². The van der Waals surface area contributed by atoms with Crippen molar-refractivity contribution in [3.05, 3.63) is 50.9 Å². The molecule has 0 amide bonds. The summed E-state index contributed by atoms with van der Waals surface area (Å²) in [4.78, 5) is 14.7. The minimum absolute atomic E-state index is 0.158. The SMILES string of the molecule is COc1c(F)c(Br)c2oc(=O)n(-c3ccc(N4CCC(C)(C)CC4)cc3)c2c1F. The molecular weight excluding hydrogens is 446 g/mol. The van der Waals surface area contributed by atoms with Crippen LogP contribution in [0.1, 0.15) is 26.7 Å². The molecule has 1 aliphatic heterocycles. The van der Waals surface area contributed by atoms with Crippen LogP contribution in [0.3, 0.4) is 0 Å². The van der Waals surface area contributed by atoms with Gasteiger partial charge in [-0.1, -0.05) is 13.8 Å². The lowest BCUT2D eigenvalue weighted by Gasteiger charge is -2.38. The van der Waals surface area contributed by atoms with Crippen molar-refractivity contribution in [1.82, 2.24) is 4.57 Å². The zero-order chi connectivity index (χ0) is 20.9. The molecule has 154 valence electrons. The van der Waals surface area contributed by atoms with Gasteiger partial charge in [0, 0.05) is 18.8 Å². The number of methoxy groups -OCH3 is 1. The Morgan fingerprint density at radius 2 is 1.66 bits per heavy atom. The van der Waals surface area contributed by atoms with Crippen molar-refractivity contribution in [2.24, 2.45) is 5.41 Å². The third-order valence-corrected chi connectivity index (χ3v) is 6.31. The highest BCUT2D eigenvalue weighted by Gasteiger charge is 2.28. The Kier molecular flexibility index (Phi) is 4.93. The summed E-state index contributed by atoms with van der Waals surface area (Å²) >= 11 is 3.03. The van der Waals surface area contributed by atoms with E-state index < -0.39 is 23.1 Å². The van der Waals surface area contributed by atoms with E-state index in [0.29, 0.717) is 11.1 Å². The normalized spacial score (nSPS) is 16.4. The number of benzene rings is 2. The predicted octanol–water partition coefficient (Wildman–Crippen LogP) is 5.26. The molecule has 0 bridgehead atoms. The van der Waals surface area contributed by atoms with Gasteiger partial charge < -0.3 is 14.1 Å². The van der Waals surface area contributed by atoms with Crippen LogP contribution >= 0.6 is 15.9 Å². The van der Waals surface area contributed by atoms with Gasteiger partial charge in [-0.25, -0.2) is 18.1 Å². The number of piperidine rings is 1. The maximum atomic E-state index is 14.9. The topological polar surface area (TPSA) is 47.6 Å². The van der Waals surface area contributed by atoms with Gasteiger partial charge in [0.05, 0.1) is 12.8 Å². The average molecular weight is 467 g/mol. The van der Waals surface area contributed by atoms with Crippen molar-refractivity contribution >= 4 is 32.7 Å². The van der Waals surface area contributed by atoms with Crippen LogP contribution in [0.5, 0.6) is 5.75 Å². The van der Waals surface area contributed by atoms with Crippen molar-refractivity contribution in [1.29, 1.82) is 0 Å². The molecule has 1 aliphatic rings. The zero-order valence-corrected chi connectivity index (χ0v) is 18.0. The molecule has 0 atom stereocenters. The molecule has 0 N–H and O–H groups in total. The number of nitrogens with zero attached hydrogens (tertiary/aromatic N) is 2. The Labute approximate surface area is 175 Å². The molecule has 5 nitrogen and oxygen atoms in total. The molecule has 3 aromatic rings. The van der Waals surface area contributed by atoms with Crippen molar-refractivity contribution in [3.63, 3.8) is 0 Å². The summed E-state index contributed by atoms with van der Waals surface area (Å²) in [6, 6.07) is 7.25. The van der Waals surface area contributed by atoms with Crippen LogP contribution in [0, 0.1) is 17.0 Å². The molecule has 0 aliphatic carbocycles. The summed E-state index contributed by atoms with van der Waals surface area (Å²) in [5.74, 6) is -3.33. The fraction of sp³-hybridized carbons (Fsp3) is 0.381. The standard InChI is InChI=1S/C21H21BrF2N2O3/c1-21(2)8-10-25(11-9-21)12-4-6-13(7-5-12)26-17-16(24)19(28-3)15(23)14(22)18(17)29-20(26)27/h4-7H,8-11H2,1-3H3. The van der Waals surface area contributed by atoms with Gasteiger partial charge in [0.2, 0.25) is 0 Å². The number of oxazole rings is 1. The van der Waals surface area contributed by atoms with Crippen LogP contribution in [0.25, 0.3) is 16.8 Å². The Morgan fingerprint density at radius 1 is 1.07 bits per heavy atom. The number of rotatable bonds is 3. The minimum atomic E-state index is -0.989. The number of aromatic nitrogens is 1. The van der Waals surface area contributed by atoms with Crippen LogP contribution in [0.2, 0.25) is 0 Å². The molecule has 0 saturated carbocycles. The largest absolute Gasteiger partial charge is 0.491 e. The molecule has 2 heterocycles. The number of ether oxygens (including phenoxy) is 1. The highest BCUT2D eigenvalue weighted by atomic mass is 79.9. The van der Waals surface area contributed by atoms with E-state index in [1.165, 1.54) is 0 Å². The van der Waals surface area contributed by atoms with Gasteiger partial charge in [0.25, 0.3) is 0 Å². The monoisotopic (exact) mass is 466 g/mol. The van der Waals surface area contributed by atoms with Crippen molar-refractivity contribution < 1.29 is 17.9 Å². The first kappa shape index (κ1) is 19.9. The fourth-order valence-corrected chi connectivity index (χ4v) is 4.17. The number of hydrogen-bond acceptors (Lipinski definition) is 4. The second-order valence-electron chi connectivity index (χ2n) is 8.02. The first-order chi connectivity index (χ1) is 13.7. The van der Waals surface area contributed by atoms with Crippen LogP contribution in [0.4, 0.5) is 14.5 Å². The molecule has 8 heteroatoms. The second-order valence-corrected chi connectivity index (χ2v) is 8.82. The first-order valence-electron chi connectivity index (χ1n) is 9.35. The number of hydrogen-bond donors (Lipinski definition) is 0. The Morgan fingerprint density at radius 3 is 2.24 bits per heavy atom. The van der Waals surface area contributed by atoms with E-state index in [1.807, 2.05) is 12.1 Å². The van der Waals surface area contributed by atoms with E-state index in [0.717, 1.165) is 43.3 Å². The maximum absolute atomic E-state index is 14.9. The smallest absolute Gasteiger partial charge is 0.424 e. The molecule has 1 aromatic heterocycles. The predicted molar refractivity (Wildman–Crippen MR) is 111 cm³/mol. The van der Waals surface area contributed by atoms with Gasteiger partial charge in [-0.3, -0.25) is 0 Å². The van der Waals surface area contributed by atoms with Crippen LogP contribution < -0.4 is 15.4 Å². The molecule has 1 saturated heterocycles. The minimum Gasteiger partial charge on any atom is -0.491 e. The summed E-state index contributed by atoms with van der Waals surface area (Å²) in [7, 11) is 1.16. The molecule has 0 unspecified atom stereocenters. The third-order valence-electron chi connectivity index (χ3n) is 5.60. The fourth-order valence-electron chi connectivity index (χ4n) is 3.72. The zero-order valence-electron chi connectivity index (χ0n) is 16.4. The summed E-state index contributed by atoms with van der Waals surface area (Å²) in [5, 5.41) is 0. The van der Waals surface area contributed by atoms with E-state index in [1.54, 1.807) is 12.1 Å². The lowest BCUT2D eigenvalue weighted by atomic mass is 9.82. The van der Waals surface area contributed by atoms with E-state index in [9.17, 15) is 13.6 Å². The highest BCUT2D eigenvalue weighted by Crippen LogP contribution is 2.37. The quantitative estimate of drug-likeness (QED) is 0.494. The van der Waals surface area contributed by atoms with Gasteiger partial charge in [0.15, 0.2) is 23.0 Å². The van der Waals surface area contributed by atoms with Crippen LogP contribution in [-0.2, 0) is 0 Å². The van der Waals surface area contributed by atoms with E-state index in [2.05, 4.69) is 34.7 Å². The average Bonchev–Trinajstić information content (AvgIpc) is 3.04. The van der Waals surface area contributed by atoms with E-state index >= 15 is 0 Å². The lowest BCUT2D eigenvalue weighted by molar-refractivity contribution is 0.280. The Bertz CT molecular complexity index is 1130.